The molecule has 34 heavy (non-hydrogen) atoms. The van der Waals surface area contributed by atoms with Crippen molar-refractivity contribution in [3.8, 4) is 0 Å². The molecular formula is C25H37N5O3S. The highest BCUT2D eigenvalue weighted by molar-refractivity contribution is 8.34. The number of nitrogens with one attached hydrogen (secondary N) is 3. The first-order chi connectivity index (χ1) is 16.1. The van der Waals surface area contributed by atoms with Gasteiger partial charge in [-0.25, -0.2) is 14.8 Å². The molecule has 9 heteroatoms. The molecule has 8 nitrogen and oxygen atoms in total. The molecule has 1 fully saturated rings. The van der Waals surface area contributed by atoms with Gasteiger partial charge in [0.05, 0.1) is 35.2 Å². The third kappa shape index (κ3) is 3.88. The van der Waals surface area contributed by atoms with Crippen molar-refractivity contribution in [2.45, 2.75) is 62.9 Å². The zero-order valence-electron chi connectivity index (χ0n) is 20.8. The number of nitrogens with zero attached hydrogens (tertiary/aromatic N) is 2. The van der Waals surface area contributed by atoms with Crippen LogP contribution in [0.1, 0.15) is 62.9 Å². The zero-order valence-corrected chi connectivity index (χ0v) is 21.6. The van der Waals surface area contributed by atoms with Crippen LogP contribution >= 0.6 is 10.0 Å². The Labute approximate surface area is 203 Å². The number of anilines is 1. The summed E-state index contributed by atoms with van der Waals surface area (Å²) in [7, 11) is -1.08. The first-order valence-electron chi connectivity index (χ1n) is 11.9. The molecule has 186 valence electrons. The summed E-state index contributed by atoms with van der Waals surface area (Å²) in [6, 6.07) is 8.65. The number of carbonyl (C=O) groups excluding carboxylic acids is 2. The van der Waals surface area contributed by atoms with Gasteiger partial charge in [0, 0.05) is 5.56 Å². The molecule has 0 radical (unpaired) electrons. The number of hydrogen-bond donors (Lipinski definition) is 4. The molecule has 2 aromatic rings. The molecule has 0 bridgehead atoms. The van der Waals surface area contributed by atoms with E-state index in [0.29, 0.717) is 12.4 Å². The number of carbonyl (C=O) groups is 2. The lowest BCUT2D eigenvalue weighted by Gasteiger charge is -2.54. The van der Waals surface area contributed by atoms with Crippen LogP contribution in [0, 0.1) is 0 Å². The van der Waals surface area contributed by atoms with Crippen LogP contribution in [0.2, 0.25) is 0 Å². The minimum Gasteiger partial charge on any atom is -0.394 e. The molecular weight excluding hydrogens is 450 g/mol. The van der Waals surface area contributed by atoms with Gasteiger partial charge in [-0.3, -0.25) is 9.89 Å². The molecule has 1 aromatic carbocycles. The van der Waals surface area contributed by atoms with Gasteiger partial charge in [-0.2, -0.15) is 5.10 Å². The standard InChI is InChI=1S/C25H37N5O3S/c1-6-34(4,5)25(13-10-14-25)22(32)27-21-18-15-30(24(2,3)20(18)28-29-21)23(33)26-19(16-31)17-11-8-7-9-12-17/h7-9,11-12,19,31H,6,10,13-16H2,1-5H3,(H,26,33)(H2,27,28,29,32). The zero-order chi connectivity index (χ0) is 24.7. The number of aromatic amines is 1. The van der Waals surface area contributed by atoms with Crippen LogP contribution < -0.4 is 10.6 Å². The highest BCUT2D eigenvalue weighted by Crippen LogP contribution is 2.62. The molecule has 0 spiro atoms. The quantitative estimate of drug-likeness (QED) is 0.475. The Kier molecular flexibility index (Phi) is 6.46. The van der Waals surface area contributed by atoms with E-state index in [9.17, 15) is 14.7 Å². The van der Waals surface area contributed by atoms with Gasteiger partial charge in [0.2, 0.25) is 5.91 Å². The average molecular weight is 488 g/mol. The minimum atomic E-state index is -1.08. The van der Waals surface area contributed by atoms with Crippen LogP contribution in [0.4, 0.5) is 10.6 Å². The highest BCUT2D eigenvalue weighted by Gasteiger charge is 2.52. The maximum Gasteiger partial charge on any atom is 0.319 e. The molecule has 1 unspecified atom stereocenters. The van der Waals surface area contributed by atoms with E-state index < -0.39 is 21.6 Å². The van der Waals surface area contributed by atoms with Crippen molar-refractivity contribution in [3.05, 3.63) is 47.2 Å². The van der Waals surface area contributed by atoms with Gasteiger partial charge in [0.15, 0.2) is 5.82 Å². The molecule has 1 aromatic heterocycles. The van der Waals surface area contributed by atoms with E-state index in [2.05, 4.69) is 40.3 Å². The molecule has 1 aliphatic heterocycles. The van der Waals surface area contributed by atoms with Crippen molar-refractivity contribution >= 4 is 27.8 Å². The fraction of sp³-hybridized carbons (Fsp3) is 0.560. The van der Waals surface area contributed by atoms with E-state index in [-0.39, 0.29) is 23.3 Å². The van der Waals surface area contributed by atoms with Gasteiger partial charge < -0.3 is 20.6 Å². The van der Waals surface area contributed by atoms with E-state index in [0.717, 1.165) is 41.8 Å². The maximum absolute atomic E-state index is 13.5. The lowest BCUT2D eigenvalue weighted by Crippen LogP contribution is -2.52. The summed E-state index contributed by atoms with van der Waals surface area (Å²) in [4.78, 5) is 28.5. The Morgan fingerprint density at radius 3 is 2.47 bits per heavy atom. The van der Waals surface area contributed by atoms with E-state index >= 15 is 0 Å². The SMILES string of the molecule is CCS(C)(C)C1(C(=O)Nc2n[nH]c3c2CN(C(=O)NC(CO)c2ccccc2)C3(C)C)CCC1. The van der Waals surface area contributed by atoms with Crippen LogP contribution in [-0.4, -0.2) is 61.8 Å². The largest absolute Gasteiger partial charge is 0.394 e. The highest BCUT2D eigenvalue weighted by atomic mass is 32.3. The van der Waals surface area contributed by atoms with E-state index in [4.69, 9.17) is 0 Å². The van der Waals surface area contributed by atoms with Crippen LogP contribution in [-0.2, 0) is 16.9 Å². The Bertz CT molecular complexity index is 1060. The number of H-pyrrole nitrogens is 1. The van der Waals surface area contributed by atoms with Crippen LogP contribution in [0.3, 0.4) is 0 Å². The van der Waals surface area contributed by atoms with Crippen molar-refractivity contribution in [2.24, 2.45) is 0 Å². The summed E-state index contributed by atoms with van der Waals surface area (Å²) >= 11 is 0. The fourth-order valence-corrected chi connectivity index (χ4v) is 7.62. The molecule has 1 saturated carbocycles. The summed E-state index contributed by atoms with van der Waals surface area (Å²) in [5.41, 5.74) is 1.86. The third-order valence-corrected chi connectivity index (χ3v) is 12.1. The number of hydrogen-bond acceptors (Lipinski definition) is 4. The molecule has 0 saturated heterocycles. The molecule has 2 aliphatic rings. The number of amides is 3. The van der Waals surface area contributed by atoms with Crippen molar-refractivity contribution < 1.29 is 14.7 Å². The normalized spacial score (nSPS) is 19.6. The number of fused-ring (bicyclic) bond motifs is 1. The maximum atomic E-state index is 13.5. The molecule has 4 N–H and O–H groups in total. The molecule has 3 amide bonds. The van der Waals surface area contributed by atoms with Crippen LogP contribution in [0.15, 0.2) is 30.3 Å². The van der Waals surface area contributed by atoms with E-state index in [1.165, 1.54) is 0 Å². The Morgan fingerprint density at radius 2 is 1.91 bits per heavy atom. The lowest BCUT2D eigenvalue weighted by molar-refractivity contribution is -0.120. The predicted molar refractivity (Wildman–Crippen MR) is 137 cm³/mol. The number of aliphatic hydroxyl groups is 1. The van der Waals surface area contributed by atoms with Crippen LogP contribution in [0.5, 0.6) is 0 Å². The summed E-state index contributed by atoms with van der Waals surface area (Å²) in [6.45, 7) is 6.20. The summed E-state index contributed by atoms with van der Waals surface area (Å²) in [5, 5.41) is 23.5. The van der Waals surface area contributed by atoms with E-state index in [1.807, 2.05) is 44.2 Å². The number of rotatable bonds is 7. The molecule has 1 atom stereocenters. The van der Waals surface area contributed by atoms with Gasteiger partial charge in [-0.05, 0) is 56.9 Å². The molecule has 2 heterocycles. The monoisotopic (exact) mass is 487 g/mol. The number of benzene rings is 1. The predicted octanol–water partition coefficient (Wildman–Crippen LogP) is 3.85. The van der Waals surface area contributed by atoms with Gasteiger partial charge in [-0.1, -0.05) is 37.3 Å². The Balaban J connectivity index is 1.52. The van der Waals surface area contributed by atoms with Gasteiger partial charge in [0.25, 0.3) is 0 Å². The Hall–Kier alpha value is -2.52. The van der Waals surface area contributed by atoms with Crippen molar-refractivity contribution in [3.63, 3.8) is 0 Å². The van der Waals surface area contributed by atoms with Crippen molar-refractivity contribution in [1.82, 2.24) is 20.4 Å². The number of urea groups is 1. The molecule has 1 aliphatic carbocycles. The van der Waals surface area contributed by atoms with Gasteiger partial charge in [-0.15, -0.1) is 0 Å². The van der Waals surface area contributed by atoms with Crippen molar-refractivity contribution in [2.75, 3.05) is 30.2 Å². The minimum absolute atomic E-state index is 0.0556. The second-order valence-electron chi connectivity index (χ2n) is 10.3. The molecule has 4 rings (SSSR count). The van der Waals surface area contributed by atoms with E-state index in [1.54, 1.807) is 4.90 Å². The first kappa shape index (κ1) is 24.6. The van der Waals surface area contributed by atoms with Crippen molar-refractivity contribution in [1.29, 1.82) is 0 Å². The van der Waals surface area contributed by atoms with Crippen LogP contribution in [0.25, 0.3) is 0 Å². The summed E-state index contributed by atoms with van der Waals surface area (Å²) in [5.74, 6) is 1.58. The second kappa shape index (κ2) is 8.92. The second-order valence-corrected chi connectivity index (χ2v) is 14.7. The third-order valence-electron chi connectivity index (χ3n) is 7.98. The first-order valence-corrected chi connectivity index (χ1v) is 14.5. The Morgan fingerprint density at radius 1 is 1.24 bits per heavy atom. The summed E-state index contributed by atoms with van der Waals surface area (Å²) < 4.78 is -0.303. The van der Waals surface area contributed by atoms with Gasteiger partial charge >= 0.3 is 6.03 Å². The van der Waals surface area contributed by atoms with Gasteiger partial charge in [0.1, 0.15) is 0 Å². The summed E-state index contributed by atoms with van der Waals surface area (Å²) in [6.07, 6.45) is 7.42. The number of aromatic nitrogens is 2. The number of aliphatic hydroxyl groups excluding tert-OH is 1. The average Bonchev–Trinajstić information content (AvgIpc) is 3.29. The topological polar surface area (TPSA) is 110 Å². The lowest BCUT2D eigenvalue weighted by atomic mass is 9.83. The fourth-order valence-electron chi connectivity index (χ4n) is 5.12. The smallest absolute Gasteiger partial charge is 0.319 e.